The van der Waals surface area contributed by atoms with E-state index in [1.165, 1.54) is 29.1 Å². The number of fused-ring (bicyclic) bond motifs is 1. The summed E-state index contributed by atoms with van der Waals surface area (Å²) in [7, 11) is 1.60. The summed E-state index contributed by atoms with van der Waals surface area (Å²) in [5.74, 6) is 0.334. The highest BCUT2D eigenvalue weighted by Crippen LogP contribution is 2.25. The van der Waals surface area contributed by atoms with E-state index in [0.717, 1.165) is 11.4 Å². The molecule has 1 amide bonds. The third kappa shape index (κ3) is 4.57. The van der Waals surface area contributed by atoms with Crippen LogP contribution in [0.1, 0.15) is 5.56 Å². The molecule has 0 spiro atoms. The normalized spacial score (nSPS) is 11.1. The first-order valence-electron chi connectivity index (χ1n) is 9.37. The Morgan fingerprint density at radius 3 is 2.56 bits per heavy atom. The van der Waals surface area contributed by atoms with Crippen LogP contribution in [0.2, 0.25) is 5.02 Å². The van der Waals surface area contributed by atoms with Gasteiger partial charge in [-0.2, -0.15) is 4.80 Å². The van der Waals surface area contributed by atoms with Gasteiger partial charge in [0.1, 0.15) is 21.8 Å². The van der Waals surface area contributed by atoms with Gasteiger partial charge in [0.15, 0.2) is 0 Å². The van der Waals surface area contributed by atoms with Crippen molar-refractivity contribution in [3.05, 3.63) is 87.4 Å². The number of benzene rings is 3. The second-order valence-corrected chi connectivity index (χ2v) is 7.09. The summed E-state index contributed by atoms with van der Waals surface area (Å²) < 4.78 is 5.15. The number of ether oxygens (including phenoxy) is 1. The molecule has 0 aliphatic carbocycles. The molecule has 0 aliphatic rings. The highest BCUT2D eigenvalue weighted by Gasteiger charge is 2.12. The van der Waals surface area contributed by atoms with E-state index in [1.807, 2.05) is 24.3 Å². The van der Waals surface area contributed by atoms with E-state index in [-0.39, 0.29) is 10.7 Å². The third-order valence-electron chi connectivity index (χ3n) is 4.55. The topological polar surface area (TPSA) is 112 Å². The van der Waals surface area contributed by atoms with Gasteiger partial charge in [-0.25, -0.2) is 0 Å². The fraction of sp³-hybridized carbons (Fsp3) is 0.0455. The fourth-order valence-corrected chi connectivity index (χ4v) is 3.14. The number of nitro groups is 1. The zero-order chi connectivity index (χ0) is 22.7. The summed E-state index contributed by atoms with van der Waals surface area (Å²) in [5, 5.41) is 22.6. The van der Waals surface area contributed by atoms with Crippen LogP contribution in [-0.2, 0) is 4.79 Å². The zero-order valence-corrected chi connectivity index (χ0v) is 17.5. The Morgan fingerprint density at radius 1 is 1.09 bits per heavy atom. The molecule has 1 heterocycles. The first-order valence-corrected chi connectivity index (χ1v) is 9.75. The van der Waals surface area contributed by atoms with Crippen LogP contribution in [0.5, 0.6) is 5.75 Å². The van der Waals surface area contributed by atoms with Gasteiger partial charge in [0.2, 0.25) is 5.91 Å². The lowest BCUT2D eigenvalue weighted by Crippen LogP contribution is -2.07. The molecule has 0 atom stereocenters. The van der Waals surface area contributed by atoms with Gasteiger partial charge >= 0.3 is 0 Å². The number of carbonyl (C=O) groups is 1. The number of carbonyl (C=O) groups excluding carboxylic acids is 1. The molecule has 0 saturated carbocycles. The molecule has 1 N–H and O–H groups in total. The van der Waals surface area contributed by atoms with Gasteiger partial charge in [0.05, 0.1) is 17.7 Å². The molecule has 32 heavy (non-hydrogen) atoms. The van der Waals surface area contributed by atoms with Crippen LogP contribution in [0.25, 0.3) is 22.8 Å². The lowest BCUT2D eigenvalue weighted by Gasteiger charge is -2.01. The van der Waals surface area contributed by atoms with E-state index in [1.54, 1.807) is 31.4 Å². The summed E-state index contributed by atoms with van der Waals surface area (Å²) in [6, 6.07) is 16.8. The molecule has 160 valence electrons. The Hall–Kier alpha value is -4.24. The molecule has 0 unspecified atom stereocenters. The van der Waals surface area contributed by atoms with E-state index in [0.29, 0.717) is 22.3 Å². The summed E-state index contributed by atoms with van der Waals surface area (Å²) in [4.78, 5) is 24.2. The molecule has 0 bridgehead atoms. The molecule has 9 nitrogen and oxygen atoms in total. The molecule has 4 aromatic rings. The monoisotopic (exact) mass is 449 g/mol. The molecule has 0 radical (unpaired) electrons. The van der Waals surface area contributed by atoms with E-state index >= 15 is 0 Å². The standard InChI is InChI=1S/C22H16ClN5O4/c1-32-17-7-5-16(6-8-17)27-25-19-10-4-15(13-20(19)26-27)24-22(29)11-3-14-2-9-18(23)21(12-14)28(30)31/h2-13H,1H3,(H,24,29)/b11-3+. The van der Waals surface area contributed by atoms with Crippen molar-refractivity contribution >= 4 is 46.0 Å². The van der Waals surface area contributed by atoms with Gasteiger partial charge in [-0.3, -0.25) is 14.9 Å². The number of nitrogens with one attached hydrogen (secondary N) is 1. The summed E-state index contributed by atoms with van der Waals surface area (Å²) in [5.41, 5.74) is 2.84. The van der Waals surface area contributed by atoms with E-state index in [4.69, 9.17) is 16.3 Å². The highest BCUT2D eigenvalue weighted by atomic mass is 35.5. The van der Waals surface area contributed by atoms with Gasteiger partial charge in [-0.05, 0) is 60.2 Å². The van der Waals surface area contributed by atoms with Crippen molar-refractivity contribution in [3.63, 3.8) is 0 Å². The molecule has 3 aromatic carbocycles. The van der Waals surface area contributed by atoms with E-state index in [2.05, 4.69) is 15.5 Å². The van der Waals surface area contributed by atoms with Crippen molar-refractivity contribution in [2.45, 2.75) is 0 Å². The summed E-state index contributed by atoms with van der Waals surface area (Å²) in [6.45, 7) is 0. The molecular weight excluding hydrogens is 434 g/mol. The Balaban J connectivity index is 1.49. The second kappa shape index (κ2) is 8.86. The summed E-state index contributed by atoms with van der Waals surface area (Å²) >= 11 is 5.80. The SMILES string of the molecule is COc1ccc(-n2nc3ccc(NC(=O)/C=C/c4ccc(Cl)c([N+](=O)[O-])c4)cc3n2)cc1. The number of amides is 1. The van der Waals surface area contributed by atoms with Gasteiger partial charge in [-0.15, -0.1) is 10.2 Å². The number of nitro benzene ring substituents is 1. The zero-order valence-electron chi connectivity index (χ0n) is 16.7. The number of rotatable bonds is 6. The minimum absolute atomic E-state index is 0.0348. The Labute approximate surface area is 187 Å². The predicted molar refractivity (Wildman–Crippen MR) is 121 cm³/mol. The smallest absolute Gasteiger partial charge is 0.288 e. The molecular formula is C22H16ClN5O4. The van der Waals surface area contributed by atoms with Crippen molar-refractivity contribution < 1.29 is 14.5 Å². The largest absolute Gasteiger partial charge is 0.497 e. The quantitative estimate of drug-likeness (QED) is 0.260. The third-order valence-corrected chi connectivity index (χ3v) is 4.86. The van der Waals surface area contributed by atoms with Crippen LogP contribution < -0.4 is 10.1 Å². The number of anilines is 1. The molecule has 4 rings (SSSR count). The summed E-state index contributed by atoms with van der Waals surface area (Å²) in [6.07, 6.45) is 2.75. The predicted octanol–water partition coefficient (Wildman–Crippen LogP) is 4.64. The molecule has 0 saturated heterocycles. The van der Waals surface area contributed by atoms with Gasteiger partial charge in [0.25, 0.3) is 5.69 Å². The maximum atomic E-state index is 12.3. The lowest BCUT2D eigenvalue weighted by atomic mass is 10.2. The number of hydrogen-bond acceptors (Lipinski definition) is 6. The fourth-order valence-electron chi connectivity index (χ4n) is 2.95. The van der Waals surface area contributed by atoms with Crippen molar-refractivity contribution in [2.24, 2.45) is 0 Å². The van der Waals surface area contributed by atoms with Crippen molar-refractivity contribution in [2.75, 3.05) is 12.4 Å². The van der Waals surface area contributed by atoms with Crippen molar-refractivity contribution in [1.29, 1.82) is 0 Å². The van der Waals surface area contributed by atoms with Crippen molar-refractivity contribution in [3.8, 4) is 11.4 Å². The van der Waals surface area contributed by atoms with Crippen molar-refractivity contribution in [1.82, 2.24) is 15.0 Å². The molecule has 10 heteroatoms. The minimum atomic E-state index is -0.575. The lowest BCUT2D eigenvalue weighted by molar-refractivity contribution is -0.384. The van der Waals surface area contributed by atoms with Crippen LogP contribution in [0.3, 0.4) is 0 Å². The van der Waals surface area contributed by atoms with Crippen LogP contribution in [0.15, 0.2) is 66.7 Å². The second-order valence-electron chi connectivity index (χ2n) is 6.68. The average molecular weight is 450 g/mol. The number of aromatic nitrogens is 3. The molecule has 1 aromatic heterocycles. The van der Waals surface area contributed by atoms with Crippen LogP contribution in [0.4, 0.5) is 11.4 Å². The maximum Gasteiger partial charge on any atom is 0.288 e. The molecule has 0 fully saturated rings. The first-order chi connectivity index (χ1) is 15.4. The van der Waals surface area contributed by atoms with Gasteiger partial charge < -0.3 is 10.1 Å². The van der Waals surface area contributed by atoms with Crippen LogP contribution >= 0.6 is 11.6 Å². The van der Waals surface area contributed by atoms with Crippen LogP contribution in [0, 0.1) is 10.1 Å². The Bertz CT molecular complexity index is 1350. The Kier molecular flexibility index (Phi) is 5.82. The minimum Gasteiger partial charge on any atom is -0.497 e. The van der Waals surface area contributed by atoms with Gasteiger partial charge in [-0.1, -0.05) is 17.7 Å². The number of nitrogens with zero attached hydrogens (tertiary/aromatic N) is 4. The maximum absolute atomic E-state index is 12.3. The van der Waals surface area contributed by atoms with Crippen LogP contribution in [-0.4, -0.2) is 32.9 Å². The van der Waals surface area contributed by atoms with Gasteiger partial charge in [0, 0.05) is 17.8 Å². The van der Waals surface area contributed by atoms with E-state index < -0.39 is 10.8 Å². The number of methoxy groups -OCH3 is 1. The molecule has 0 aliphatic heterocycles. The number of hydrogen-bond donors (Lipinski definition) is 1. The first kappa shape index (κ1) is 21.0. The Morgan fingerprint density at radius 2 is 1.84 bits per heavy atom. The highest BCUT2D eigenvalue weighted by molar-refractivity contribution is 6.32. The average Bonchev–Trinajstić information content (AvgIpc) is 3.22. The number of halogens is 1. The van der Waals surface area contributed by atoms with E-state index in [9.17, 15) is 14.9 Å².